The summed E-state index contributed by atoms with van der Waals surface area (Å²) in [5, 5.41) is 3.52. The average molecular weight is 296 g/mol. The highest BCUT2D eigenvalue weighted by atomic mass is 32.2. The number of nitrogen functional groups attached to an aromatic ring is 1. The van der Waals surface area contributed by atoms with Crippen molar-refractivity contribution in [2.45, 2.75) is 51.4 Å². The second-order valence-corrected chi connectivity index (χ2v) is 6.64. The number of anilines is 2. The largest absolute Gasteiger partial charge is 0.489 e. The molecule has 0 aliphatic heterocycles. The third kappa shape index (κ3) is 4.51. The van der Waals surface area contributed by atoms with E-state index in [0.29, 0.717) is 10.4 Å². The number of thioether (sulfide) groups is 1. The van der Waals surface area contributed by atoms with Crippen molar-refractivity contribution in [3.8, 4) is 5.75 Å². The Bertz CT molecular complexity index is 409. The zero-order valence-corrected chi connectivity index (χ0v) is 14.1. The summed E-state index contributed by atoms with van der Waals surface area (Å²) in [4.78, 5) is 0. The molecule has 1 aromatic rings. The summed E-state index contributed by atoms with van der Waals surface area (Å²) in [5.41, 5.74) is 7.69. The van der Waals surface area contributed by atoms with Crippen molar-refractivity contribution in [2.75, 3.05) is 23.9 Å². The van der Waals surface area contributed by atoms with Crippen LogP contribution >= 0.6 is 11.8 Å². The van der Waals surface area contributed by atoms with E-state index in [-0.39, 0.29) is 6.10 Å². The summed E-state index contributed by atoms with van der Waals surface area (Å²) >= 11 is 1.94. The molecule has 1 aromatic carbocycles. The van der Waals surface area contributed by atoms with E-state index >= 15 is 0 Å². The molecule has 3 nitrogen and oxygen atoms in total. The van der Waals surface area contributed by atoms with E-state index in [9.17, 15) is 0 Å². The first-order valence-corrected chi connectivity index (χ1v) is 8.54. The van der Waals surface area contributed by atoms with Gasteiger partial charge < -0.3 is 15.8 Å². The molecule has 0 unspecified atom stereocenters. The van der Waals surface area contributed by atoms with Crippen molar-refractivity contribution < 1.29 is 4.74 Å². The van der Waals surface area contributed by atoms with E-state index in [1.54, 1.807) is 0 Å². The Morgan fingerprint density at radius 3 is 2.45 bits per heavy atom. The topological polar surface area (TPSA) is 47.3 Å². The lowest BCUT2D eigenvalue weighted by molar-refractivity contribution is 0.244. The number of hydrogen-bond acceptors (Lipinski definition) is 4. The van der Waals surface area contributed by atoms with Gasteiger partial charge in [-0.1, -0.05) is 13.8 Å². The minimum atomic E-state index is 0.129. The lowest BCUT2D eigenvalue weighted by Gasteiger charge is -2.30. The number of benzene rings is 1. The minimum Gasteiger partial charge on any atom is -0.489 e. The summed E-state index contributed by atoms with van der Waals surface area (Å²) < 4.78 is 6.02. The second-order valence-electron chi connectivity index (χ2n) is 5.37. The van der Waals surface area contributed by atoms with Gasteiger partial charge in [-0.2, -0.15) is 11.8 Å². The van der Waals surface area contributed by atoms with Crippen molar-refractivity contribution in [3.05, 3.63) is 18.2 Å². The van der Waals surface area contributed by atoms with Crippen molar-refractivity contribution in [1.29, 1.82) is 0 Å². The molecule has 0 amide bonds. The average Bonchev–Trinajstić information content (AvgIpc) is 2.44. The summed E-state index contributed by atoms with van der Waals surface area (Å²) in [5.74, 6) is 0.757. The van der Waals surface area contributed by atoms with Gasteiger partial charge in [-0.3, -0.25) is 0 Å². The first kappa shape index (κ1) is 17.0. The van der Waals surface area contributed by atoms with Crippen LogP contribution in [-0.2, 0) is 0 Å². The molecule has 4 heteroatoms. The van der Waals surface area contributed by atoms with Gasteiger partial charge in [0.1, 0.15) is 5.75 Å². The summed E-state index contributed by atoms with van der Waals surface area (Å²) in [6, 6.07) is 5.91. The molecule has 114 valence electrons. The van der Waals surface area contributed by atoms with Gasteiger partial charge >= 0.3 is 0 Å². The Kier molecular flexibility index (Phi) is 6.53. The van der Waals surface area contributed by atoms with Gasteiger partial charge in [0.2, 0.25) is 0 Å². The predicted molar refractivity (Wildman–Crippen MR) is 91.9 cm³/mol. The fourth-order valence-corrected chi connectivity index (χ4v) is 2.92. The molecule has 0 aliphatic carbocycles. The van der Waals surface area contributed by atoms with Gasteiger partial charge in [-0.15, -0.1) is 0 Å². The number of hydrogen-bond donors (Lipinski definition) is 2. The monoisotopic (exact) mass is 296 g/mol. The highest BCUT2D eigenvalue weighted by Gasteiger charge is 2.24. The van der Waals surface area contributed by atoms with Crippen LogP contribution in [-0.4, -0.2) is 23.7 Å². The SMILES string of the molecule is CCC(CC)(CNc1ccc(N)c(OC(C)C)c1)SC. The Labute approximate surface area is 127 Å². The maximum Gasteiger partial charge on any atom is 0.144 e. The third-order valence-electron chi connectivity index (χ3n) is 3.71. The van der Waals surface area contributed by atoms with Gasteiger partial charge in [-0.05, 0) is 45.1 Å². The van der Waals surface area contributed by atoms with Gasteiger partial charge in [0.05, 0.1) is 11.8 Å². The van der Waals surface area contributed by atoms with E-state index in [4.69, 9.17) is 10.5 Å². The first-order chi connectivity index (χ1) is 9.46. The highest BCUT2D eigenvalue weighted by molar-refractivity contribution is 8.00. The molecule has 20 heavy (non-hydrogen) atoms. The minimum absolute atomic E-state index is 0.129. The van der Waals surface area contributed by atoms with Crippen LogP contribution < -0.4 is 15.8 Å². The standard InChI is InChI=1S/C16H28N2OS/c1-6-16(7-2,20-5)11-18-13-8-9-14(17)15(10-13)19-12(3)4/h8-10,12,18H,6-7,11,17H2,1-5H3. The Balaban J connectivity index is 2.78. The van der Waals surface area contributed by atoms with Gasteiger partial charge in [-0.25, -0.2) is 0 Å². The molecule has 0 heterocycles. The number of rotatable bonds is 8. The maximum atomic E-state index is 5.94. The van der Waals surface area contributed by atoms with Gasteiger partial charge in [0, 0.05) is 23.0 Å². The predicted octanol–water partition coefficient (Wildman–Crippen LogP) is 4.39. The summed E-state index contributed by atoms with van der Waals surface area (Å²) in [6.45, 7) is 9.46. The number of nitrogens with one attached hydrogen (secondary N) is 1. The van der Waals surface area contributed by atoms with E-state index in [1.807, 2.05) is 43.8 Å². The molecule has 0 aromatic heterocycles. The molecule has 0 saturated heterocycles. The molecule has 0 radical (unpaired) electrons. The zero-order valence-electron chi connectivity index (χ0n) is 13.3. The van der Waals surface area contributed by atoms with Gasteiger partial charge in [0.25, 0.3) is 0 Å². The molecule has 0 bridgehead atoms. The molecule has 0 fully saturated rings. The van der Waals surface area contributed by atoms with Crippen LogP contribution in [0.5, 0.6) is 5.75 Å². The first-order valence-electron chi connectivity index (χ1n) is 7.31. The molecule has 0 saturated carbocycles. The fraction of sp³-hybridized carbons (Fsp3) is 0.625. The third-order valence-corrected chi connectivity index (χ3v) is 5.30. The van der Waals surface area contributed by atoms with Crippen LogP contribution in [0.4, 0.5) is 11.4 Å². The van der Waals surface area contributed by atoms with Crippen molar-refractivity contribution >= 4 is 23.1 Å². The molecular weight excluding hydrogens is 268 g/mol. The van der Waals surface area contributed by atoms with E-state index in [1.165, 1.54) is 0 Å². The van der Waals surface area contributed by atoms with E-state index < -0.39 is 0 Å². The van der Waals surface area contributed by atoms with Crippen LogP contribution in [0.1, 0.15) is 40.5 Å². The maximum absolute atomic E-state index is 5.94. The molecule has 0 atom stereocenters. The van der Waals surface area contributed by atoms with Crippen molar-refractivity contribution in [2.24, 2.45) is 0 Å². The second kappa shape index (κ2) is 7.67. The van der Waals surface area contributed by atoms with E-state index in [2.05, 4.69) is 25.4 Å². The Morgan fingerprint density at radius 2 is 1.95 bits per heavy atom. The zero-order chi connectivity index (χ0) is 15.2. The highest BCUT2D eigenvalue weighted by Crippen LogP contribution is 2.32. The summed E-state index contributed by atoms with van der Waals surface area (Å²) in [7, 11) is 0. The van der Waals surface area contributed by atoms with Crippen LogP contribution in [0.2, 0.25) is 0 Å². The Morgan fingerprint density at radius 1 is 1.30 bits per heavy atom. The van der Waals surface area contributed by atoms with Crippen LogP contribution in [0.15, 0.2) is 18.2 Å². The smallest absolute Gasteiger partial charge is 0.144 e. The lowest BCUT2D eigenvalue weighted by Crippen LogP contribution is -2.31. The van der Waals surface area contributed by atoms with Crippen LogP contribution in [0.25, 0.3) is 0 Å². The summed E-state index contributed by atoms with van der Waals surface area (Å²) in [6.07, 6.45) is 4.62. The number of ether oxygens (including phenoxy) is 1. The fourth-order valence-electron chi connectivity index (χ4n) is 2.12. The molecule has 0 spiro atoms. The normalized spacial score (nSPS) is 11.7. The van der Waals surface area contributed by atoms with Crippen molar-refractivity contribution in [3.63, 3.8) is 0 Å². The van der Waals surface area contributed by atoms with Crippen LogP contribution in [0, 0.1) is 0 Å². The molecular formula is C16H28N2OS. The molecule has 1 rings (SSSR count). The van der Waals surface area contributed by atoms with Gasteiger partial charge in [0.15, 0.2) is 0 Å². The lowest BCUT2D eigenvalue weighted by atomic mass is 10.0. The Hall–Kier alpha value is -1.03. The van der Waals surface area contributed by atoms with Crippen molar-refractivity contribution in [1.82, 2.24) is 0 Å². The van der Waals surface area contributed by atoms with Crippen LogP contribution in [0.3, 0.4) is 0 Å². The molecule has 0 aliphatic rings. The molecule has 3 N–H and O–H groups in total. The number of nitrogens with two attached hydrogens (primary N) is 1. The van der Waals surface area contributed by atoms with E-state index in [0.717, 1.165) is 30.8 Å². The quantitative estimate of drug-likeness (QED) is 0.698.